The lowest BCUT2D eigenvalue weighted by atomic mass is 10.0. The van der Waals surface area contributed by atoms with Crippen LogP contribution in [-0.4, -0.2) is 83.9 Å². The summed E-state index contributed by atoms with van der Waals surface area (Å²) in [6, 6.07) is 5.56. The molecule has 1 aromatic rings. The maximum absolute atomic E-state index is 9.78. The molecule has 0 amide bonds. The highest BCUT2D eigenvalue weighted by atomic mass is 35.5. The van der Waals surface area contributed by atoms with Crippen molar-refractivity contribution in [3.63, 3.8) is 0 Å². The zero-order valence-corrected chi connectivity index (χ0v) is 15.1. The normalized spacial score (nSPS) is 15.6. The Morgan fingerprint density at radius 3 is 2.12 bits per heavy atom. The smallest absolute Gasteiger partial charge is 0.160 e. The number of ether oxygens (including phenoxy) is 2. The van der Waals surface area contributed by atoms with E-state index in [1.807, 2.05) is 12.1 Å². The van der Waals surface area contributed by atoms with E-state index in [4.69, 9.17) is 14.6 Å². The molecule has 0 saturated heterocycles. The van der Waals surface area contributed by atoms with Gasteiger partial charge in [0.15, 0.2) is 11.5 Å². The minimum absolute atomic E-state index is 0. The third-order valence-electron chi connectivity index (χ3n) is 3.72. The van der Waals surface area contributed by atoms with Gasteiger partial charge in [0.1, 0.15) is 18.3 Å². The van der Waals surface area contributed by atoms with Crippen molar-refractivity contribution in [1.29, 1.82) is 0 Å². The number of aliphatic hydroxyl groups is 5. The van der Waals surface area contributed by atoms with Gasteiger partial charge >= 0.3 is 0 Å². The summed E-state index contributed by atoms with van der Waals surface area (Å²) in [6.45, 7) is -0.140. The molecule has 1 rings (SSSR count). The van der Waals surface area contributed by atoms with Gasteiger partial charge in [-0.05, 0) is 30.7 Å². The number of aliphatic hydroxyl groups excluding tert-OH is 5. The van der Waals surface area contributed by atoms with Crippen LogP contribution < -0.4 is 14.8 Å². The molecule has 0 radical (unpaired) electrons. The predicted octanol–water partition coefficient (Wildman–Crippen LogP) is -1.31. The lowest BCUT2D eigenvalue weighted by Crippen LogP contribution is -2.49. The Morgan fingerprint density at radius 1 is 0.960 bits per heavy atom. The second-order valence-corrected chi connectivity index (χ2v) is 5.44. The van der Waals surface area contributed by atoms with Crippen LogP contribution in [0.15, 0.2) is 18.2 Å². The Labute approximate surface area is 153 Å². The van der Waals surface area contributed by atoms with Crippen LogP contribution >= 0.6 is 12.4 Å². The van der Waals surface area contributed by atoms with Gasteiger partial charge in [-0.15, -0.1) is 12.4 Å². The summed E-state index contributed by atoms with van der Waals surface area (Å²) in [4.78, 5) is 0. The topological polar surface area (TPSA) is 132 Å². The SMILES string of the molecule is COc1ccc(CCNC[C@H](O)[C@@H](O)[C@H](O)[C@H](O)CO)cc1OC.Cl. The molecule has 0 aliphatic heterocycles. The first kappa shape index (κ1) is 23.9. The van der Waals surface area contributed by atoms with Crippen LogP contribution in [0.25, 0.3) is 0 Å². The van der Waals surface area contributed by atoms with Crippen molar-refractivity contribution >= 4 is 12.4 Å². The fourth-order valence-corrected chi connectivity index (χ4v) is 2.20. The van der Waals surface area contributed by atoms with E-state index in [1.165, 1.54) is 0 Å². The van der Waals surface area contributed by atoms with Crippen molar-refractivity contribution in [1.82, 2.24) is 5.32 Å². The monoisotopic (exact) mass is 381 g/mol. The van der Waals surface area contributed by atoms with Crippen molar-refractivity contribution < 1.29 is 35.0 Å². The summed E-state index contributed by atoms with van der Waals surface area (Å²) in [5, 5.41) is 49.9. The van der Waals surface area contributed by atoms with Crippen molar-refractivity contribution in [2.75, 3.05) is 33.9 Å². The van der Waals surface area contributed by atoms with Crippen molar-refractivity contribution in [2.45, 2.75) is 30.8 Å². The molecule has 0 aliphatic rings. The fourth-order valence-electron chi connectivity index (χ4n) is 2.20. The number of nitrogens with one attached hydrogen (secondary N) is 1. The van der Waals surface area contributed by atoms with Crippen molar-refractivity contribution in [3.05, 3.63) is 23.8 Å². The van der Waals surface area contributed by atoms with E-state index in [-0.39, 0.29) is 19.0 Å². The fraction of sp³-hybridized carbons (Fsp3) is 0.625. The van der Waals surface area contributed by atoms with Gasteiger partial charge in [-0.3, -0.25) is 0 Å². The van der Waals surface area contributed by atoms with E-state index < -0.39 is 31.0 Å². The first-order chi connectivity index (χ1) is 11.4. The van der Waals surface area contributed by atoms with Gasteiger partial charge in [-0.2, -0.15) is 0 Å². The highest BCUT2D eigenvalue weighted by Gasteiger charge is 2.29. The second kappa shape index (κ2) is 12.3. The maximum atomic E-state index is 9.78. The van der Waals surface area contributed by atoms with Crippen LogP contribution in [0.3, 0.4) is 0 Å². The Hall–Kier alpha value is -1.13. The van der Waals surface area contributed by atoms with E-state index >= 15 is 0 Å². The molecule has 8 nitrogen and oxygen atoms in total. The minimum Gasteiger partial charge on any atom is -0.493 e. The summed E-state index contributed by atoms with van der Waals surface area (Å²) in [7, 11) is 3.12. The van der Waals surface area contributed by atoms with Crippen LogP contribution in [-0.2, 0) is 6.42 Å². The van der Waals surface area contributed by atoms with Crippen LogP contribution in [0.4, 0.5) is 0 Å². The molecule has 146 valence electrons. The summed E-state index contributed by atoms with van der Waals surface area (Å²) < 4.78 is 10.4. The van der Waals surface area contributed by atoms with Gasteiger partial charge in [0.2, 0.25) is 0 Å². The van der Waals surface area contributed by atoms with E-state index in [0.717, 1.165) is 5.56 Å². The first-order valence-electron chi connectivity index (χ1n) is 7.69. The zero-order chi connectivity index (χ0) is 18.1. The molecule has 6 N–H and O–H groups in total. The predicted molar refractivity (Wildman–Crippen MR) is 94.5 cm³/mol. The van der Waals surface area contributed by atoms with Gasteiger partial charge in [-0.1, -0.05) is 6.07 Å². The average molecular weight is 382 g/mol. The van der Waals surface area contributed by atoms with Crippen LogP contribution in [0.2, 0.25) is 0 Å². The molecule has 4 atom stereocenters. The summed E-state index contributed by atoms with van der Waals surface area (Å²) in [6.07, 6.45) is -5.28. The highest BCUT2D eigenvalue weighted by Crippen LogP contribution is 2.27. The first-order valence-corrected chi connectivity index (χ1v) is 7.69. The Bertz CT molecular complexity index is 492. The molecule has 0 heterocycles. The van der Waals surface area contributed by atoms with Gasteiger partial charge in [0.25, 0.3) is 0 Å². The van der Waals surface area contributed by atoms with Gasteiger partial charge in [0, 0.05) is 6.54 Å². The van der Waals surface area contributed by atoms with Crippen LogP contribution in [0.5, 0.6) is 11.5 Å². The number of halogens is 1. The molecule has 1 aromatic carbocycles. The van der Waals surface area contributed by atoms with E-state index in [9.17, 15) is 20.4 Å². The third kappa shape index (κ3) is 7.33. The minimum atomic E-state index is -1.61. The summed E-state index contributed by atoms with van der Waals surface area (Å²) >= 11 is 0. The van der Waals surface area contributed by atoms with Crippen LogP contribution in [0.1, 0.15) is 5.56 Å². The third-order valence-corrected chi connectivity index (χ3v) is 3.72. The lowest BCUT2D eigenvalue weighted by Gasteiger charge is -2.25. The molecule has 9 heteroatoms. The number of hydrogen-bond donors (Lipinski definition) is 6. The standard InChI is InChI=1S/C16H27NO7.ClH/c1-23-13-4-3-10(7-14(13)24-2)5-6-17-8-11(19)15(21)16(22)12(20)9-18;/h3-4,7,11-12,15-22H,5-6,8-9H2,1-2H3;1H/t11-,12+,15+,16+;/m0./s1. The molecule has 0 aromatic heterocycles. The van der Waals surface area contributed by atoms with E-state index in [1.54, 1.807) is 20.3 Å². The molecule has 0 saturated carbocycles. The largest absolute Gasteiger partial charge is 0.493 e. The van der Waals surface area contributed by atoms with E-state index in [0.29, 0.717) is 24.5 Å². The van der Waals surface area contributed by atoms with Crippen LogP contribution in [0, 0.1) is 0 Å². The Morgan fingerprint density at radius 2 is 1.56 bits per heavy atom. The average Bonchev–Trinajstić information content (AvgIpc) is 2.62. The molecular weight excluding hydrogens is 354 g/mol. The van der Waals surface area contributed by atoms with Gasteiger partial charge in [-0.25, -0.2) is 0 Å². The number of benzene rings is 1. The van der Waals surface area contributed by atoms with Gasteiger partial charge in [0.05, 0.1) is 26.9 Å². The summed E-state index contributed by atoms with van der Waals surface area (Å²) in [5.41, 5.74) is 1.01. The lowest BCUT2D eigenvalue weighted by molar-refractivity contribution is -0.113. The quantitative estimate of drug-likeness (QED) is 0.260. The van der Waals surface area contributed by atoms with Crippen molar-refractivity contribution in [3.8, 4) is 11.5 Å². The molecular formula is C16H28ClNO7. The second-order valence-electron chi connectivity index (χ2n) is 5.44. The summed E-state index contributed by atoms with van der Waals surface area (Å²) in [5.74, 6) is 1.27. The maximum Gasteiger partial charge on any atom is 0.160 e. The molecule has 0 spiro atoms. The number of methoxy groups -OCH3 is 2. The molecule has 25 heavy (non-hydrogen) atoms. The Balaban J connectivity index is 0.00000576. The van der Waals surface area contributed by atoms with E-state index in [2.05, 4.69) is 5.32 Å². The Kier molecular flexibility index (Phi) is 11.7. The molecule has 0 aliphatic carbocycles. The highest BCUT2D eigenvalue weighted by molar-refractivity contribution is 5.85. The molecule has 0 bridgehead atoms. The number of rotatable bonds is 11. The van der Waals surface area contributed by atoms with Gasteiger partial charge < -0.3 is 40.3 Å². The van der Waals surface area contributed by atoms with Crippen molar-refractivity contribution in [2.24, 2.45) is 0 Å². The molecule has 0 unspecified atom stereocenters. The number of hydrogen-bond acceptors (Lipinski definition) is 8. The zero-order valence-electron chi connectivity index (χ0n) is 14.3. The molecule has 0 fully saturated rings.